The van der Waals surface area contributed by atoms with Crippen molar-refractivity contribution in [2.75, 3.05) is 19.5 Å². The number of benzene rings is 1. The maximum absolute atomic E-state index is 13.4. The molecule has 2 N–H and O–H groups in total. The Balaban J connectivity index is 2.49. The third-order valence-corrected chi connectivity index (χ3v) is 5.92. The highest BCUT2D eigenvalue weighted by Crippen LogP contribution is 2.63. The fourth-order valence-electron chi connectivity index (χ4n) is 3.01. The number of nitrogens with two attached hydrogens (primary N) is 1. The highest BCUT2D eigenvalue weighted by Gasteiger charge is 2.72. The second kappa shape index (κ2) is 5.62. The van der Waals surface area contributed by atoms with Crippen LogP contribution in [0.3, 0.4) is 0 Å². The minimum atomic E-state index is -3.39. The molecule has 0 saturated heterocycles. The fourth-order valence-corrected chi connectivity index (χ4v) is 5.32. The average molecular weight is 331 g/mol. The van der Waals surface area contributed by atoms with Crippen molar-refractivity contribution in [1.29, 1.82) is 0 Å². The van der Waals surface area contributed by atoms with Crippen molar-refractivity contribution >= 4 is 27.0 Å². The maximum atomic E-state index is 13.4. The van der Waals surface area contributed by atoms with E-state index in [-0.39, 0.29) is 11.6 Å². The van der Waals surface area contributed by atoms with Gasteiger partial charge in [0.1, 0.15) is 5.82 Å². The number of hydrogen-bond acceptors (Lipinski definition) is 4. The SMILES string of the molecule is CCOC[C@]1(C(N)=S)[C@H](c2cccc(F)c2)[C@@H]1S(C)(=O)=O. The lowest BCUT2D eigenvalue weighted by Gasteiger charge is -2.16. The molecule has 0 unspecified atom stereocenters. The summed E-state index contributed by atoms with van der Waals surface area (Å²) in [5, 5.41) is -0.768. The monoisotopic (exact) mass is 331 g/mol. The number of rotatable bonds is 6. The van der Waals surface area contributed by atoms with Gasteiger partial charge in [-0.15, -0.1) is 0 Å². The van der Waals surface area contributed by atoms with Crippen LogP contribution >= 0.6 is 12.2 Å². The molecular formula is C14H18FNO3S2. The molecule has 1 aromatic rings. The minimum absolute atomic E-state index is 0.0978. The first kappa shape index (κ1) is 16.3. The van der Waals surface area contributed by atoms with Crippen molar-refractivity contribution in [3.63, 3.8) is 0 Å². The Morgan fingerprint density at radius 2 is 2.19 bits per heavy atom. The summed E-state index contributed by atoms with van der Waals surface area (Å²) in [7, 11) is -3.39. The highest BCUT2D eigenvalue weighted by molar-refractivity contribution is 7.92. The number of halogens is 1. The van der Waals surface area contributed by atoms with Crippen LogP contribution in [0.2, 0.25) is 0 Å². The molecule has 1 aromatic carbocycles. The van der Waals surface area contributed by atoms with Crippen LogP contribution in [0.4, 0.5) is 4.39 Å². The number of ether oxygens (including phenoxy) is 1. The van der Waals surface area contributed by atoms with Crippen LogP contribution in [0, 0.1) is 11.2 Å². The van der Waals surface area contributed by atoms with Gasteiger partial charge in [0.05, 0.1) is 22.3 Å². The molecule has 0 aromatic heterocycles. The molecule has 0 spiro atoms. The molecule has 116 valence electrons. The van der Waals surface area contributed by atoms with Gasteiger partial charge in [0, 0.05) is 18.8 Å². The number of thiocarbonyl (C=S) groups is 1. The normalized spacial score (nSPS) is 28.3. The predicted octanol–water partition coefficient (Wildman–Crippen LogP) is 1.65. The molecule has 0 aliphatic heterocycles. The quantitative estimate of drug-likeness (QED) is 0.803. The van der Waals surface area contributed by atoms with Crippen LogP contribution in [0.5, 0.6) is 0 Å². The highest BCUT2D eigenvalue weighted by atomic mass is 32.2. The van der Waals surface area contributed by atoms with Crippen molar-refractivity contribution in [2.45, 2.75) is 18.1 Å². The molecule has 0 heterocycles. The zero-order chi connectivity index (χ0) is 15.8. The fraction of sp³-hybridized carbons (Fsp3) is 0.500. The molecule has 0 bridgehead atoms. The van der Waals surface area contributed by atoms with Gasteiger partial charge in [-0.2, -0.15) is 0 Å². The Morgan fingerprint density at radius 3 is 2.67 bits per heavy atom. The molecule has 7 heteroatoms. The van der Waals surface area contributed by atoms with Crippen molar-refractivity contribution in [3.05, 3.63) is 35.6 Å². The zero-order valence-electron chi connectivity index (χ0n) is 11.9. The van der Waals surface area contributed by atoms with E-state index in [4.69, 9.17) is 22.7 Å². The minimum Gasteiger partial charge on any atom is -0.393 e. The summed E-state index contributed by atoms with van der Waals surface area (Å²) in [6.45, 7) is 2.36. The predicted molar refractivity (Wildman–Crippen MR) is 83.5 cm³/mol. The van der Waals surface area contributed by atoms with E-state index >= 15 is 0 Å². The first-order valence-electron chi connectivity index (χ1n) is 6.57. The maximum Gasteiger partial charge on any atom is 0.152 e. The van der Waals surface area contributed by atoms with Gasteiger partial charge in [-0.3, -0.25) is 0 Å². The third kappa shape index (κ3) is 2.82. The Kier molecular flexibility index (Phi) is 4.37. The van der Waals surface area contributed by atoms with Gasteiger partial charge in [-0.1, -0.05) is 24.4 Å². The molecule has 3 atom stereocenters. The lowest BCUT2D eigenvalue weighted by Crippen LogP contribution is -2.33. The summed E-state index contributed by atoms with van der Waals surface area (Å²) in [5.74, 6) is -0.882. The van der Waals surface area contributed by atoms with Gasteiger partial charge >= 0.3 is 0 Å². The van der Waals surface area contributed by atoms with Crippen LogP contribution in [0.15, 0.2) is 24.3 Å². The van der Waals surface area contributed by atoms with Crippen LogP contribution in [-0.2, 0) is 14.6 Å². The molecule has 0 radical (unpaired) electrons. The van der Waals surface area contributed by atoms with Crippen LogP contribution in [0.1, 0.15) is 18.4 Å². The number of sulfone groups is 1. The van der Waals surface area contributed by atoms with Gasteiger partial charge in [-0.25, -0.2) is 12.8 Å². The lowest BCUT2D eigenvalue weighted by atomic mass is 10.00. The standard InChI is InChI=1S/C14H18FNO3S2/c1-3-19-8-14(13(16)20)11(12(14)21(2,17)18)9-5-4-6-10(15)7-9/h4-7,11-12H,3,8H2,1-2H3,(H2,16,20)/t11-,12+,14+/m1/s1. The van der Waals surface area contributed by atoms with Gasteiger partial charge in [0.2, 0.25) is 0 Å². The molecule has 0 amide bonds. The van der Waals surface area contributed by atoms with E-state index in [9.17, 15) is 12.8 Å². The second-order valence-corrected chi connectivity index (χ2v) is 7.93. The number of hydrogen-bond donors (Lipinski definition) is 1. The Bertz CT molecular complexity index is 662. The van der Waals surface area contributed by atoms with Crippen LogP contribution < -0.4 is 5.73 Å². The summed E-state index contributed by atoms with van der Waals surface area (Å²) in [5.41, 5.74) is 5.45. The van der Waals surface area contributed by atoms with E-state index in [1.165, 1.54) is 12.1 Å². The third-order valence-electron chi connectivity index (χ3n) is 3.93. The second-order valence-electron chi connectivity index (χ2n) is 5.32. The molecule has 21 heavy (non-hydrogen) atoms. The largest absolute Gasteiger partial charge is 0.393 e. The van der Waals surface area contributed by atoms with Gasteiger partial charge in [0.25, 0.3) is 0 Å². The molecular weight excluding hydrogens is 313 g/mol. The van der Waals surface area contributed by atoms with Crippen LogP contribution in [-0.4, -0.2) is 38.1 Å². The molecule has 1 aliphatic rings. The molecule has 1 aliphatic carbocycles. The van der Waals surface area contributed by atoms with Crippen LogP contribution in [0.25, 0.3) is 0 Å². The summed E-state index contributed by atoms with van der Waals surface area (Å²) in [6.07, 6.45) is 1.15. The zero-order valence-corrected chi connectivity index (χ0v) is 13.5. The Hall–Kier alpha value is -1.05. The van der Waals surface area contributed by atoms with Crippen molar-refractivity contribution in [1.82, 2.24) is 0 Å². The summed E-state index contributed by atoms with van der Waals surface area (Å²) < 4.78 is 43.0. The summed E-state index contributed by atoms with van der Waals surface area (Å²) in [4.78, 5) is 0.0978. The van der Waals surface area contributed by atoms with Gasteiger partial charge in [-0.05, 0) is 24.6 Å². The van der Waals surface area contributed by atoms with E-state index in [0.29, 0.717) is 12.2 Å². The average Bonchev–Trinajstić information content (AvgIpc) is 3.07. The van der Waals surface area contributed by atoms with Crippen molar-refractivity contribution in [2.24, 2.45) is 11.1 Å². The van der Waals surface area contributed by atoms with E-state index in [1.54, 1.807) is 12.1 Å². The first-order valence-corrected chi connectivity index (χ1v) is 8.93. The van der Waals surface area contributed by atoms with Crippen molar-refractivity contribution in [3.8, 4) is 0 Å². The van der Waals surface area contributed by atoms with Gasteiger partial charge in [0.15, 0.2) is 9.84 Å². The van der Waals surface area contributed by atoms with E-state index < -0.39 is 32.2 Å². The topological polar surface area (TPSA) is 69.4 Å². The lowest BCUT2D eigenvalue weighted by molar-refractivity contribution is 0.121. The molecule has 4 nitrogen and oxygen atoms in total. The summed E-state index contributed by atoms with van der Waals surface area (Å²) in [6, 6.07) is 5.88. The molecule has 1 saturated carbocycles. The Morgan fingerprint density at radius 1 is 1.52 bits per heavy atom. The van der Waals surface area contributed by atoms with E-state index in [0.717, 1.165) is 6.26 Å². The van der Waals surface area contributed by atoms with E-state index in [1.807, 2.05) is 6.92 Å². The van der Waals surface area contributed by atoms with E-state index in [2.05, 4.69) is 0 Å². The first-order chi connectivity index (χ1) is 9.75. The molecule has 2 rings (SSSR count). The Labute approximate surface area is 129 Å². The molecule has 1 fully saturated rings. The smallest absolute Gasteiger partial charge is 0.152 e. The van der Waals surface area contributed by atoms with Crippen molar-refractivity contribution < 1.29 is 17.5 Å². The van der Waals surface area contributed by atoms with Gasteiger partial charge < -0.3 is 10.5 Å². The summed E-state index contributed by atoms with van der Waals surface area (Å²) >= 11 is 5.10.